The molecule has 0 aromatic heterocycles. The van der Waals surface area contributed by atoms with Gasteiger partial charge in [0.15, 0.2) is 0 Å². The molecular formula is C23H27NO6. The van der Waals surface area contributed by atoms with Gasteiger partial charge in [0.2, 0.25) is 11.6 Å². The third-order valence-corrected chi connectivity index (χ3v) is 9.81. The molecule has 30 heavy (non-hydrogen) atoms. The fourth-order valence-corrected chi connectivity index (χ4v) is 9.58. The van der Waals surface area contributed by atoms with Crippen LogP contribution in [-0.4, -0.2) is 64.7 Å². The number of hydrogen-bond acceptors (Lipinski definition) is 7. The first-order valence-corrected chi connectivity index (χ1v) is 10.8. The monoisotopic (exact) mass is 413 g/mol. The second-order valence-corrected chi connectivity index (χ2v) is 11.1. The Morgan fingerprint density at radius 3 is 2.60 bits per heavy atom. The standard InChI is InChI=1S/C23H27NO6/c1-10-5-21-14-15(26)13(10)8-23(21,29)22-7-12(30-11(2)25)6-20(3,9-24(4)18(14)22)17(22)16(27)19(21)28/h12-14,17-18,29H,1,5-9H2,2-4H3/t12-,13+,14-,17-,18-,20+,21-,22-,23+/m0/s1. The number of nitrogens with zero attached hydrogens (tertiary/aromatic N) is 1. The van der Waals surface area contributed by atoms with Crippen molar-refractivity contribution in [2.75, 3.05) is 13.6 Å². The van der Waals surface area contributed by atoms with E-state index < -0.39 is 69.3 Å². The van der Waals surface area contributed by atoms with Crippen molar-refractivity contribution < 1.29 is 29.0 Å². The van der Waals surface area contributed by atoms with E-state index in [0.717, 1.165) is 0 Å². The molecule has 6 aliphatic carbocycles. The molecule has 0 amide bonds. The summed E-state index contributed by atoms with van der Waals surface area (Å²) in [5.74, 6) is -3.30. The van der Waals surface area contributed by atoms with E-state index in [1.807, 2.05) is 14.0 Å². The smallest absolute Gasteiger partial charge is 0.302 e. The number of carbonyl (C=O) groups excluding carboxylic acids is 4. The number of Topliss-reactive ketones (excluding diaryl/α,β-unsaturated/α-hetero) is 3. The number of fused-ring (bicyclic) bond motifs is 1. The maximum absolute atomic E-state index is 13.7. The number of ketones is 3. The second-order valence-electron chi connectivity index (χ2n) is 11.1. The van der Waals surface area contributed by atoms with Crippen molar-refractivity contribution in [3.8, 4) is 0 Å². The average molecular weight is 413 g/mol. The summed E-state index contributed by atoms with van der Waals surface area (Å²) >= 11 is 0. The van der Waals surface area contributed by atoms with Gasteiger partial charge in [0.25, 0.3) is 0 Å². The Kier molecular flexibility index (Phi) is 3.12. The molecule has 7 heteroatoms. The number of esters is 1. The molecule has 7 rings (SSSR count). The Hall–Kier alpha value is -1.86. The molecular weight excluding hydrogens is 386 g/mol. The molecule has 6 bridgehead atoms. The molecule has 0 aromatic carbocycles. The van der Waals surface area contributed by atoms with Gasteiger partial charge in [-0.15, -0.1) is 0 Å². The molecule has 6 saturated carbocycles. The zero-order valence-corrected chi connectivity index (χ0v) is 17.6. The fraction of sp³-hybridized carbons (Fsp3) is 0.739. The summed E-state index contributed by atoms with van der Waals surface area (Å²) in [6, 6.07) is -0.417. The van der Waals surface area contributed by atoms with Gasteiger partial charge in [0, 0.05) is 36.8 Å². The first kappa shape index (κ1) is 18.9. The van der Waals surface area contributed by atoms with Crippen molar-refractivity contribution in [1.82, 2.24) is 4.90 Å². The molecule has 1 N–H and O–H groups in total. The van der Waals surface area contributed by atoms with E-state index >= 15 is 0 Å². The molecule has 160 valence electrons. The van der Waals surface area contributed by atoms with Crippen LogP contribution < -0.4 is 0 Å². The lowest BCUT2D eigenvalue weighted by Crippen LogP contribution is -2.79. The molecule has 1 heterocycles. The molecule has 1 saturated heterocycles. The summed E-state index contributed by atoms with van der Waals surface area (Å²) in [5.41, 5.74) is -3.84. The van der Waals surface area contributed by atoms with Crippen LogP contribution in [0, 0.1) is 34.0 Å². The minimum absolute atomic E-state index is 0.0512. The predicted octanol–water partition coefficient (Wildman–Crippen LogP) is 0.683. The van der Waals surface area contributed by atoms with Crippen molar-refractivity contribution in [3.63, 3.8) is 0 Å². The van der Waals surface area contributed by atoms with Crippen LogP contribution >= 0.6 is 0 Å². The molecule has 9 atom stereocenters. The summed E-state index contributed by atoms with van der Waals surface area (Å²) in [4.78, 5) is 54.9. The maximum atomic E-state index is 13.7. The van der Waals surface area contributed by atoms with Gasteiger partial charge >= 0.3 is 5.97 Å². The van der Waals surface area contributed by atoms with Gasteiger partial charge < -0.3 is 14.7 Å². The fourth-order valence-electron chi connectivity index (χ4n) is 9.58. The molecule has 0 unspecified atom stereocenters. The highest BCUT2D eigenvalue weighted by Crippen LogP contribution is 2.81. The number of ether oxygens (including phenoxy) is 1. The Morgan fingerprint density at radius 2 is 1.93 bits per heavy atom. The Bertz CT molecular complexity index is 988. The number of carbonyl (C=O) groups is 4. The van der Waals surface area contributed by atoms with Crippen molar-refractivity contribution in [2.24, 2.45) is 34.0 Å². The second kappa shape index (κ2) is 4.96. The van der Waals surface area contributed by atoms with E-state index in [1.165, 1.54) is 6.92 Å². The molecule has 0 aromatic rings. The molecule has 7 fully saturated rings. The predicted molar refractivity (Wildman–Crippen MR) is 103 cm³/mol. The van der Waals surface area contributed by atoms with E-state index in [0.29, 0.717) is 25.0 Å². The molecule has 2 spiro atoms. The van der Waals surface area contributed by atoms with Gasteiger partial charge in [0.1, 0.15) is 11.9 Å². The molecule has 1 aliphatic heterocycles. The van der Waals surface area contributed by atoms with E-state index in [-0.39, 0.29) is 18.6 Å². The number of likely N-dealkylation sites (tertiary alicyclic amines) is 1. The SMILES string of the molecule is C=C1C[C@@]23C(=O)C(=O)[C@H]4[C@]5(C)C[C@H](OC(C)=O)C[C@@]46[C@H]([C@@H]2C(=O)[C@@H]1C[C@]63O)N(C)C5. The first-order valence-electron chi connectivity index (χ1n) is 10.8. The minimum atomic E-state index is -1.47. The van der Waals surface area contributed by atoms with E-state index in [4.69, 9.17) is 4.74 Å². The Labute approximate surface area is 174 Å². The summed E-state index contributed by atoms with van der Waals surface area (Å²) in [6.07, 6.45) is 0.667. The summed E-state index contributed by atoms with van der Waals surface area (Å²) in [5, 5.41) is 12.5. The van der Waals surface area contributed by atoms with Crippen molar-refractivity contribution >= 4 is 23.3 Å². The van der Waals surface area contributed by atoms with Gasteiger partial charge in [-0.05, 0) is 38.1 Å². The van der Waals surface area contributed by atoms with Crippen LogP contribution in [0.15, 0.2) is 12.2 Å². The number of piperidine rings is 1. The van der Waals surface area contributed by atoms with Gasteiger partial charge in [-0.25, -0.2) is 0 Å². The lowest BCUT2D eigenvalue weighted by atomic mass is 9.37. The normalized spacial score (nSPS) is 55.8. The van der Waals surface area contributed by atoms with Gasteiger partial charge in [-0.1, -0.05) is 19.1 Å². The van der Waals surface area contributed by atoms with Crippen molar-refractivity contribution in [1.29, 1.82) is 0 Å². The first-order chi connectivity index (χ1) is 13.9. The Balaban J connectivity index is 1.68. The molecule has 0 radical (unpaired) electrons. The third kappa shape index (κ3) is 1.55. The van der Waals surface area contributed by atoms with E-state index in [1.54, 1.807) is 0 Å². The van der Waals surface area contributed by atoms with Crippen LogP contribution in [-0.2, 0) is 23.9 Å². The summed E-state index contributed by atoms with van der Waals surface area (Å²) in [7, 11) is 1.94. The third-order valence-electron chi connectivity index (χ3n) is 9.81. The van der Waals surface area contributed by atoms with Crippen molar-refractivity contribution in [3.05, 3.63) is 12.2 Å². The number of hydrogen-bond donors (Lipinski definition) is 1. The van der Waals surface area contributed by atoms with Gasteiger partial charge in [-0.2, -0.15) is 0 Å². The summed E-state index contributed by atoms with van der Waals surface area (Å²) < 4.78 is 5.65. The van der Waals surface area contributed by atoms with Crippen molar-refractivity contribution in [2.45, 2.75) is 57.3 Å². The Morgan fingerprint density at radius 1 is 1.23 bits per heavy atom. The largest absolute Gasteiger partial charge is 0.463 e. The topological polar surface area (TPSA) is 101 Å². The minimum Gasteiger partial charge on any atom is -0.463 e. The number of aliphatic hydroxyl groups is 1. The zero-order valence-electron chi connectivity index (χ0n) is 17.6. The van der Waals surface area contributed by atoms with Crippen LogP contribution in [0.25, 0.3) is 0 Å². The van der Waals surface area contributed by atoms with Crippen LogP contribution in [0.3, 0.4) is 0 Å². The lowest BCUT2D eigenvalue weighted by molar-refractivity contribution is -0.260. The van der Waals surface area contributed by atoms with Crippen LogP contribution in [0.5, 0.6) is 0 Å². The highest BCUT2D eigenvalue weighted by Gasteiger charge is 2.92. The number of allylic oxidation sites excluding steroid dienone is 1. The maximum Gasteiger partial charge on any atom is 0.302 e. The van der Waals surface area contributed by atoms with Crippen LogP contribution in [0.2, 0.25) is 0 Å². The van der Waals surface area contributed by atoms with Crippen LogP contribution in [0.4, 0.5) is 0 Å². The van der Waals surface area contributed by atoms with Gasteiger partial charge in [-0.3, -0.25) is 19.2 Å². The molecule has 7 aliphatic rings. The number of rotatable bonds is 1. The lowest BCUT2D eigenvalue weighted by Gasteiger charge is -2.69. The highest BCUT2D eigenvalue weighted by atomic mass is 16.5. The van der Waals surface area contributed by atoms with Crippen LogP contribution in [0.1, 0.15) is 39.5 Å². The molecule has 7 nitrogen and oxygen atoms in total. The average Bonchev–Trinajstić information content (AvgIpc) is 2.71. The highest BCUT2D eigenvalue weighted by molar-refractivity contribution is 6.43. The van der Waals surface area contributed by atoms with Gasteiger partial charge in [0.05, 0.1) is 16.9 Å². The zero-order chi connectivity index (χ0) is 21.6. The summed E-state index contributed by atoms with van der Waals surface area (Å²) in [6.45, 7) is 7.90. The van der Waals surface area contributed by atoms with E-state index in [9.17, 15) is 24.3 Å². The van der Waals surface area contributed by atoms with E-state index in [2.05, 4.69) is 11.5 Å². The quantitative estimate of drug-likeness (QED) is 0.383.